The van der Waals surface area contributed by atoms with E-state index in [2.05, 4.69) is 0 Å². The Kier molecular flexibility index (Phi) is 3.66. The number of halogens is 5. The molecule has 0 aliphatic heterocycles. The Balaban J connectivity index is 3.49. The molecule has 0 spiro atoms. The maximum absolute atomic E-state index is 13.4. The normalized spacial score (nSPS) is 11.5. The molecule has 8 heteroatoms. The van der Waals surface area contributed by atoms with E-state index >= 15 is 0 Å². The molecule has 0 radical (unpaired) electrons. The van der Waals surface area contributed by atoms with Gasteiger partial charge in [-0.25, -0.2) is 0 Å². The predicted molar refractivity (Wildman–Crippen MR) is 57.3 cm³/mol. The summed E-state index contributed by atoms with van der Waals surface area (Å²) in [5.41, 5.74) is -1.28. The molecular formula is C7H2Cl4FNO2. The molecule has 1 rings (SSSR count). The number of hydrogen-bond donors (Lipinski definition) is 0. The third kappa shape index (κ3) is 2.84. The van der Waals surface area contributed by atoms with Crippen LogP contribution in [-0.2, 0) is 3.79 Å². The SMILES string of the molecule is O=[N+]([O-])c1cc(Cl)cc(C(Cl)(Cl)Cl)c1F. The zero-order chi connectivity index (χ0) is 11.8. The van der Waals surface area contributed by atoms with E-state index < -0.39 is 25.8 Å². The van der Waals surface area contributed by atoms with E-state index in [1.54, 1.807) is 0 Å². The Bertz CT molecular complexity index is 418. The van der Waals surface area contributed by atoms with Gasteiger partial charge in [0.2, 0.25) is 9.61 Å². The first-order chi connectivity index (χ1) is 6.73. The molecule has 0 fully saturated rings. The average Bonchev–Trinajstić information content (AvgIpc) is 2.06. The van der Waals surface area contributed by atoms with Crippen molar-refractivity contribution in [1.82, 2.24) is 0 Å². The monoisotopic (exact) mass is 291 g/mol. The maximum Gasteiger partial charge on any atom is 0.306 e. The lowest BCUT2D eigenvalue weighted by molar-refractivity contribution is -0.387. The Morgan fingerprint density at radius 3 is 2.27 bits per heavy atom. The van der Waals surface area contributed by atoms with Crippen LogP contribution in [0.2, 0.25) is 5.02 Å². The van der Waals surface area contributed by atoms with Crippen LogP contribution in [0.15, 0.2) is 12.1 Å². The van der Waals surface area contributed by atoms with Gasteiger partial charge >= 0.3 is 5.69 Å². The molecule has 0 aliphatic rings. The van der Waals surface area contributed by atoms with Crippen LogP contribution in [0, 0.1) is 15.9 Å². The summed E-state index contributed by atoms with van der Waals surface area (Å²) < 4.78 is 11.3. The summed E-state index contributed by atoms with van der Waals surface area (Å²) in [4.78, 5) is 9.49. The van der Waals surface area contributed by atoms with Gasteiger partial charge in [-0.15, -0.1) is 0 Å². The van der Waals surface area contributed by atoms with Crippen molar-refractivity contribution >= 4 is 52.1 Å². The molecule has 0 unspecified atom stereocenters. The van der Waals surface area contributed by atoms with Crippen molar-refractivity contribution in [1.29, 1.82) is 0 Å². The van der Waals surface area contributed by atoms with E-state index in [1.807, 2.05) is 0 Å². The van der Waals surface area contributed by atoms with Crippen LogP contribution in [0.1, 0.15) is 5.56 Å². The van der Waals surface area contributed by atoms with Gasteiger partial charge in [0.15, 0.2) is 0 Å². The molecule has 0 aliphatic carbocycles. The van der Waals surface area contributed by atoms with Crippen molar-refractivity contribution in [3.8, 4) is 0 Å². The molecule has 3 nitrogen and oxygen atoms in total. The lowest BCUT2D eigenvalue weighted by Gasteiger charge is -2.12. The van der Waals surface area contributed by atoms with Crippen LogP contribution < -0.4 is 0 Å². The van der Waals surface area contributed by atoms with Crippen molar-refractivity contribution in [2.45, 2.75) is 3.79 Å². The van der Waals surface area contributed by atoms with Gasteiger partial charge in [-0.1, -0.05) is 46.4 Å². The van der Waals surface area contributed by atoms with E-state index in [1.165, 1.54) is 0 Å². The highest BCUT2D eigenvalue weighted by atomic mass is 35.6. The molecular weight excluding hydrogens is 291 g/mol. The Hall–Kier alpha value is -0.290. The van der Waals surface area contributed by atoms with Crippen molar-refractivity contribution in [2.75, 3.05) is 0 Å². The van der Waals surface area contributed by atoms with E-state index in [-0.39, 0.29) is 5.02 Å². The summed E-state index contributed by atoms with van der Waals surface area (Å²) in [5.74, 6) is -1.20. The van der Waals surface area contributed by atoms with Gasteiger partial charge in [0, 0.05) is 16.7 Å². The minimum atomic E-state index is -2.10. The molecule has 0 saturated heterocycles. The highest BCUT2D eigenvalue weighted by molar-refractivity contribution is 6.66. The quantitative estimate of drug-likeness (QED) is 0.442. The molecule has 0 heterocycles. The van der Waals surface area contributed by atoms with Crippen molar-refractivity contribution in [3.05, 3.63) is 38.7 Å². The molecule has 1 aromatic rings. The Morgan fingerprint density at radius 2 is 1.87 bits per heavy atom. The van der Waals surface area contributed by atoms with Gasteiger partial charge in [-0.3, -0.25) is 10.1 Å². The summed E-state index contributed by atoms with van der Waals surface area (Å²) in [6, 6.07) is 1.87. The highest BCUT2D eigenvalue weighted by Crippen LogP contribution is 2.42. The Morgan fingerprint density at radius 1 is 1.33 bits per heavy atom. The molecule has 0 amide bonds. The van der Waals surface area contributed by atoms with Gasteiger partial charge in [-0.2, -0.15) is 4.39 Å². The molecule has 0 aromatic heterocycles. The molecule has 0 bridgehead atoms. The second-order valence-corrected chi connectivity index (χ2v) is 5.26. The number of nitro benzene ring substituents is 1. The standard InChI is InChI=1S/C7H2Cl4FNO2/c8-3-1-4(7(9,10)11)6(12)5(2-3)13(14)15/h1-2H. The fourth-order valence-corrected chi connectivity index (χ4v) is 1.54. The topological polar surface area (TPSA) is 43.1 Å². The van der Waals surface area contributed by atoms with Crippen LogP contribution >= 0.6 is 46.4 Å². The summed E-state index contributed by atoms with van der Waals surface area (Å²) in [6.07, 6.45) is 0. The van der Waals surface area contributed by atoms with Crippen LogP contribution in [0.25, 0.3) is 0 Å². The predicted octanol–water partition coefficient (Wildman–Crippen LogP) is 4.21. The van der Waals surface area contributed by atoms with Crippen LogP contribution in [0.5, 0.6) is 0 Å². The first kappa shape index (κ1) is 12.8. The lowest BCUT2D eigenvalue weighted by Crippen LogP contribution is -2.06. The molecule has 0 N–H and O–H groups in total. The second kappa shape index (κ2) is 4.29. The summed E-state index contributed by atoms with van der Waals surface area (Å²) >= 11 is 21.8. The zero-order valence-corrected chi connectivity index (χ0v) is 9.83. The Labute approximate surface area is 104 Å². The van der Waals surface area contributed by atoms with Gasteiger partial charge in [-0.05, 0) is 6.07 Å². The third-order valence-corrected chi connectivity index (χ3v) is 2.35. The van der Waals surface area contributed by atoms with Crippen LogP contribution in [0.3, 0.4) is 0 Å². The first-order valence-electron chi connectivity index (χ1n) is 3.44. The number of hydrogen-bond acceptors (Lipinski definition) is 2. The van der Waals surface area contributed by atoms with Crippen LogP contribution in [-0.4, -0.2) is 4.92 Å². The molecule has 1 aromatic carbocycles. The zero-order valence-electron chi connectivity index (χ0n) is 6.81. The van der Waals surface area contributed by atoms with Gasteiger partial charge in [0.05, 0.1) is 4.92 Å². The number of alkyl halides is 3. The number of nitro groups is 1. The minimum absolute atomic E-state index is 0.0792. The molecule has 0 atom stereocenters. The average molecular weight is 293 g/mol. The summed E-state index contributed by atoms with van der Waals surface area (Å²) in [5, 5.41) is 10.4. The number of rotatable bonds is 1. The first-order valence-corrected chi connectivity index (χ1v) is 4.95. The van der Waals surface area contributed by atoms with E-state index in [9.17, 15) is 14.5 Å². The number of nitrogens with zero attached hydrogens (tertiary/aromatic N) is 1. The van der Waals surface area contributed by atoms with Gasteiger partial charge < -0.3 is 0 Å². The van der Waals surface area contributed by atoms with E-state index in [0.717, 1.165) is 12.1 Å². The fourth-order valence-electron chi connectivity index (χ4n) is 0.914. The highest BCUT2D eigenvalue weighted by Gasteiger charge is 2.32. The fraction of sp³-hybridized carbons (Fsp3) is 0.143. The molecule has 15 heavy (non-hydrogen) atoms. The summed E-state index contributed by atoms with van der Waals surface area (Å²) in [7, 11) is 0. The third-order valence-electron chi connectivity index (χ3n) is 1.52. The van der Waals surface area contributed by atoms with E-state index in [0.29, 0.717) is 0 Å². The largest absolute Gasteiger partial charge is 0.306 e. The second-order valence-electron chi connectivity index (χ2n) is 2.54. The van der Waals surface area contributed by atoms with Crippen molar-refractivity contribution in [3.63, 3.8) is 0 Å². The molecule has 82 valence electrons. The van der Waals surface area contributed by atoms with Crippen molar-refractivity contribution in [2.24, 2.45) is 0 Å². The van der Waals surface area contributed by atoms with Gasteiger partial charge in [0.25, 0.3) is 0 Å². The van der Waals surface area contributed by atoms with Crippen LogP contribution in [0.4, 0.5) is 10.1 Å². The molecule has 0 saturated carbocycles. The number of benzene rings is 1. The minimum Gasteiger partial charge on any atom is -0.258 e. The summed E-state index contributed by atoms with van der Waals surface area (Å²) in [6.45, 7) is 0. The van der Waals surface area contributed by atoms with Gasteiger partial charge in [0.1, 0.15) is 0 Å². The van der Waals surface area contributed by atoms with Crippen molar-refractivity contribution < 1.29 is 9.31 Å². The van der Waals surface area contributed by atoms with E-state index in [4.69, 9.17) is 46.4 Å². The lowest BCUT2D eigenvalue weighted by atomic mass is 10.2. The maximum atomic E-state index is 13.4. The smallest absolute Gasteiger partial charge is 0.258 e.